The number of ketones is 1. The number of ether oxygens (including phenoxy) is 1. The predicted molar refractivity (Wildman–Crippen MR) is 53.8 cm³/mol. The SMILES string of the molecule is O=C(c1cccc(OC(F)(F)F)c1)C1CNC1. The minimum atomic E-state index is -4.74. The van der Waals surface area contributed by atoms with Crippen LogP contribution in [0.3, 0.4) is 0 Å². The highest BCUT2D eigenvalue weighted by Gasteiger charge is 2.32. The van der Waals surface area contributed by atoms with Gasteiger partial charge in [-0.2, -0.15) is 0 Å². The molecule has 1 fully saturated rings. The minimum absolute atomic E-state index is 0.142. The molecule has 1 aliphatic rings. The summed E-state index contributed by atoms with van der Waals surface area (Å²) in [6, 6.07) is 5.15. The predicted octanol–water partition coefficient (Wildman–Crippen LogP) is 1.99. The van der Waals surface area contributed by atoms with Gasteiger partial charge in [-0.25, -0.2) is 0 Å². The number of alkyl halides is 3. The highest BCUT2D eigenvalue weighted by molar-refractivity contribution is 5.99. The average Bonchev–Trinajstić information content (AvgIpc) is 2.12. The first-order valence-corrected chi connectivity index (χ1v) is 5.06. The van der Waals surface area contributed by atoms with Crippen molar-refractivity contribution in [2.75, 3.05) is 13.1 Å². The number of benzene rings is 1. The molecule has 1 N–H and O–H groups in total. The Morgan fingerprint density at radius 3 is 2.59 bits per heavy atom. The van der Waals surface area contributed by atoms with E-state index in [2.05, 4.69) is 10.1 Å². The molecule has 2 rings (SSSR count). The third kappa shape index (κ3) is 2.97. The van der Waals surface area contributed by atoms with Crippen molar-refractivity contribution in [1.29, 1.82) is 0 Å². The average molecular weight is 245 g/mol. The van der Waals surface area contributed by atoms with Gasteiger partial charge in [-0.3, -0.25) is 4.79 Å². The zero-order chi connectivity index (χ0) is 12.5. The molecule has 1 aromatic carbocycles. The molecule has 1 aromatic rings. The maximum absolute atomic E-state index is 12.0. The summed E-state index contributed by atoms with van der Waals surface area (Å²) in [7, 11) is 0. The van der Waals surface area contributed by atoms with E-state index in [-0.39, 0.29) is 23.0 Å². The number of halogens is 3. The standard InChI is InChI=1S/C11H10F3NO2/c12-11(13,14)17-9-3-1-2-7(4-9)10(16)8-5-15-6-8/h1-4,8,15H,5-6H2. The fourth-order valence-corrected chi connectivity index (χ4v) is 1.56. The van der Waals surface area contributed by atoms with E-state index in [0.29, 0.717) is 13.1 Å². The van der Waals surface area contributed by atoms with E-state index in [1.165, 1.54) is 18.2 Å². The van der Waals surface area contributed by atoms with E-state index >= 15 is 0 Å². The van der Waals surface area contributed by atoms with Crippen molar-refractivity contribution in [2.45, 2.75) is 6.36 Å². The molecular formula is C11H10F3NO2. The number of Topliss-reactive ketones (excluding diaryl/α,β-unsaturated/α-hetero) is 1. The number of nitrogens with one attached hydrogen (secondary N) is 1. The number of carbonyl (C=O) groups excluding carboxylic acids is 1. The third-order valence-electron chi connectivity index (χ3n) is 2.50. The van der Waals surface area contributed by atoms with Gasteiger partial charge in [-0.1, -0.05) is 12.1 Å². The molecule has 6 heteroatoms. The lowest BCUT2D eigenvalue weighted by molar-refractivity contribution is -0.274. The van der Waals surface area contributed by atoms with Gasteiger partial charge in [0.2, 0.25) is 0 Å². The van der Waals surface area contributed by atoms with Crippen molar-refractivity contribution in [3.63, 3.8) is 0 Å². The van der Waals surface area contributed by atoms with Gasteiger partial charge >= 0.3 is 6.36 Å². The summed E-state index contributed by atoms with van der Waals surface area (Å²) < 4.78 is 39.7. The second-order valence-electron chi connectivity index (χ2n) is 3.80. The van der Waals surface area contributed by atoms with Crippen LogP contribution in [0.25, 0.3) is 0 Å². The van der Waals surface area contributed by atoms with Gasteiger partial charge in [-0.05, 0) is 12.1 Å². The summed E-state index contributed by atoms with van der Waals surface area (Å²) in [4.78, 5) is 11.8. The Balaban J connectivity index is 2.13. The third-order valence-corrected chi connectivity index (χ3v) is 2.50. The van der Waals surface area contributed by atoms with Crippen molar-refractivity contribution in [3.05, 3.63) is 29.8 Å². The van der Waals surface area contributed by atoms with Crippen LogP contribution in [0, 0.1) is 5.92 Å². The van der Waals surface area contributed by atoms with Crippen molar-refractivity contribution in [3.8, 4) is 5.75 Å². The lowest BCUT2D eigenvalue weighted by Gasteiger charge is -2.25. The van der Waals surface area contributed by atoms with Gasteiger partial charge in [-0.15, -0.1) is 13.2 Å². The summed E-state index contributed by atoms with van der Waals surface area (Å²) in [6.45, 7) is 1.15. The Morgan fingerprint density at radius 2 is 2.06 bits per heavy atom. The summed E-state index contributed by atoms with van der Waals surface area (Å²) in [6.07, 6.45) is -4.74. The van der Waals surface area contributed by atoms with Crippen molar-refractivity contribution in [2.24, 2.45) is 5.92 Å². The van der Waals surface area contributed by atoms with E-state index < -0.39 is 6.36 Å². The molecule has 1 heterocycles. The molecule has 0 radical (unpaired) electrons. The summed E-state index contributed by atoms with van der Waals surface area (Å²) in [5.74, 6) is -0.664. The van der Waals surface area contributed by atoms with Crippen molar-refractivity contribution in [1.82, 2.24) is 5.32 Å². The van der Waals surface area contributed by atoms with Crippen LogP contribution >= 0.6 is 0 Å². The van der Waals surface area contributed by atoms with Crippen molar-refractivity contribution >= 4 is 5.78 Å². The van der Waals surface area contributed by atoms with Gasteiger partial charge in [0.05, 0.1) is 0 Å². The molecule has 1 saturated heterocycles. The molecule has 0 atom stereocenters. The van der Waals surface area contributed by atoms with Crippen molar-refractivity contribution < 1.29 is 22.7 Å². The van der Waals surface area contributed by atoms with Crippen LogP contribution in [0.2, 0.25) is 0 Å². The number of hydrogen-bond acceptors (Lipinski definition) is 3. The zero-order valence-electron chi connectivity index (χ0n) is 8.75. The van der Waals surface area contributed by atoms with Gasteiger partial charge in [0.15, 0.2) is 5.78 Å². The first-order valence-electron chi connectivity index (χ1n) is 5.06. The Bertz CT molecular complexity index is 427. The first-order chi connectivity index (χ1) is 7.96. The molecule has 0 aliphatic carbocycles. The maximum Gasteiger partial charge on any atom is 0.573 e. The maximum atomic E-state index is 12.0. The molecule has 0 aromatic heterocycles. The molecular weight excluding hydrogens is 235 g/mol. The molecule has 0 bridgehead atoms. The lowest BCUT2D eigenvalue weighted by atomic mass is 9.93. The highest BCUT2D eigenvalue weighted by atomic mass is 19.4. The van der Waals surface area contributed by atoms with Gasteiger partial charge < -0.3 is 10.1 Å². The zero-order valence-corrected chi connectivity index (χ0v) is 8.75. The fraction of sp³-hybridized carbons (Fsp3) is 0.364. The van der Waals surface area contributed by atoms with Crippen LogP contribution in [0.15, 0.2) is 24.3 Å². The number of carbonyl (C=O) groups is 1. The van der Waals surface area contributed by atoms with Crippen LogP contribution < -0.4 is 10.1 Å². The minimum Gasteiger partial charge on any atom is -0.406 e. The Kier molecular flexibility index (Phi) is 3.06. The van der Waals surface area contributed by atoms with Crippen LogP contribution in [-0.2, 0) is 0 Å². The van der Waals surface area contributed by atoms with E-state index in [4.69, 9.17) is 0 Å². The largest absolute Gasteiger partial charge is 0.573 e. The van der Waals surface area contributed by atoms with Crippen LogP contribution in [0.4, 0.5) is 13.2 Å². The summed E-state index contributed by atoms with van der Waals surface area (Å²) in [5.41, 5.74) is 0.248. The quantitative estimate of drug-likeness (QED) is 0.827. The highest BCUT2D eigenvalue weighted by Crippen LogP contribution is 2.24. The second-order valence-corrected chi connectivity index (χ2v) is 3.80. The van der Waals surface area contributed by atoms with E-state index in [1.807, 2.05) is 0 Å². The van der Waals surface area contributed by atoms with Crippen LogP contribution in [-0.4, -0.2) is 25.2 Å². The Morgan fingerprint density at radius 1 is 1.35 bits per heavy atom. The smallest absolute Gasteiger partial charge is 0.406 e. The molecule has 3 nitrogen and oxygen atoms in total. The van der Waals surface area contributed by atoms with Gasteiger partial charge in [0, 0.05) is 24.6 Å². The van der Waals surface area contributed by atoms with E-state index in [0.717, 1.165) is 6.07 Å². The fourth-order valence-electron chi connectivity index (χ4n) is 1.56. The summed E-state index contributed by atoms with van der Waals surface area (Å²) >= 11 is 0. The molecule has 1 aliphatic heterocycles. The van der Waals surface area contributed by atoms with E-state index in [9.17, 15) is 18.0 Å². The Labute approximate surface area is 95.6 Å². The normalized spacial score (nSPS) is 16.4. The number of rotatable bonds is 3. The van der Waals surface area contributed by atoms with E-state index in [1.54, 1.807) is 0 Å². The molecule has 0 saturated carbocycles. The lowest BCUT2D eigenvalue weighted by Crippen LogP contribution is -2.46. The van der Waals surface area contributed by atoms with Crippen LogP contribution in [0.1, 0.15) is 10.4 Å². The second kappa shape index (κ2) is 4.37. The molecule has 0 amide bonds. The molecule has 92 valence electrons. The number of hydrogen-bond donors (Lipinski definition) is 1. The monoisotopic (exact) mass is 245 g/mol. The molecule has 0 spiro atoms. The first kappa shape index (κ1) is 11.9. The van der Waals surface area contributed by atoms with Gasteiger partial charge in [0.1, 0.15) is 5.75 Å². The molecule has 0 unspecified atom stereocenters. The van der Waals surface area contributed by atoms with Gasteiger partial charge in [0.25, 0.3) is 0 Å². The van der Waals surface area contributed by atoms with Crippen LogP contribution in [0.5, 0.6) is 5.75 Å². The molecule has 17 heavy (non-hydrogen) atoms. The topological polar surface area (TPSA) is 38.3 Å². The Hall–Kier alpha value is -1.56. The summed E-state index contributed by atoms with van der Waals surface area (Å²) in [5, 5.41) is 2.93.